The van der Waals surface area contributed by atoms with Crippen LogP contribution in [0.4, 0.5) is 0 Å². The van der Waals surface area contributed by atoms with Crippen molar-refractivity contribution in [1.29, 1.82) is 0 Å². The zero-order chi connectivity index (χ0) is 17.9. The van der Waals surface area contributed by atoms with Gasteiger partial charge in [0.05, 0.1) is 12.0 Å². The lowest BCUT2D eigenvalue weighted by molar-refractivity contribution is -0.147. The highest BCUT2D eigenvalue weighted by Gasteiger charge is 2.41. The second-order valence-electron chi connectivity index (χ2n) is 7.08. The molecule has 0 spiro atoms. The van der Waals surface area contributed by atoms with E-state index in [0.29, 0.717) is 19.3 Å². The molecule has 1 aliphatic carbocycles. The molecule has 0 aliphatic heterocycles. The minimum Gasteiger partial charge on any atom is -0.481 e. The molecule has 0 amide bonds. The fourth-order valence-corrected chi connectivity index (χ4v) is 3.67. The molecule has 0 heterocycles. The van der Waals surface area contributed by atoms with Gasteiger partial charge in [-0.05, 0) is 25.2 Å². The van der Waals surface area contributed by atoms with E-state index >= 15 is 0 Å². The molecule has 0 radical (unpaired) electrons. The van der Waals surface area contributed by atoms with E-state index in [-0.39, 0.29) is 11.7 Å². The predicted molar refractivity (Wildman–Crippen MR) is 95.8 cm³/mol. The number of carboxylic acids is 1. The van der Waals surface area contributed by atoms with Crippen LogP contribution in [0.3, 0.4) is 0 Å². The fourth-order valence-electron chi connectivity index (χ4n) is 3.67. The number of carbonyl (C=O) groups excluding carboxylic acids is 1. The second-order valence-corrected chi connectivity index (χ2v) is 7.08. The van der Waals surface area contributed by atoms with Gasteiger partial charge in [-0.3, -0.25) is 9.59 Å². The Balaban J connectivity index is 2.67. The topological polar surface area (TPSA) is 74.6 Å². The lowest BCUT2D eigenvalue weighted by atomic mass is 9.80. The number of aliphatic hydroxyl groups excluding tert-OH is 1. The van der Waals surface area contributed by atoms with E-state index in [0.717, 1.165) is 44.9 Å². The van der Waals surface area contributed by atoms with Crippen molar-refractivity contribution in [3.63, 3.8) is 0 Å². The Labute approximate surface area is 146 Å². The number of hydrogen-bond acceptors (Lipinski definition) is 3. The minimum atomic E-state index is -0.853. The van der Waals surface area contributed by atoms with E-state index in [1.54, 1.807) is 6.08 Å². The zero-order valence-electron chi connectivity index (χ0n) is 15.2. The van der Waals surface area contributed by atoms with Crippen molar-refractivity contribution in [1.82, 2.24) is 0 Å². The van der Waals surface area contributed by atoms with Crippen LogP contribution in [0, 0.1) is 17.8 Å². The van der Waals surface area contributed by atoms with Gasteiger partial charge in [-0.1, -0.05) is 64.5 Å². The molecule has 0 aromatic heterocycles. The average molecular weight is 338 g/mol. The highest BCUT2D eigenvalue weighted by Crippen LogP contribution is 2.38. The molecule has 4 atom stereocenters. The number of aliphatic carboxylic acids is 1. The van der Waals surface area contributed by atoms with Crippen LogP contribution in [-0.2, 0) is 9.59 Å². The molecule has 24 heavy (non-hydrogen) atoms. The summed E-state index contributed by atoms with van der Waals surface area (Å²) in [5.41, 5.74) is 0. The molecule has 0 bridgehead atoms. The molecule has 1 saturated carbocycles. The third-order valence-corrected chi connectivity index (χ3v) is 5.11. The first-order valence-corrected chi connectivity index (χ1v) is 9.63. The quantitative estimate of drug-likeness (QED) is 0.409. The van der Waals surface area contributed by atoms with Crippen LogP contribution < -0.4 is 0 Å². The molecule has 138 valence electrons. The summed E-state index contributed by atoms with van der Waals surface area (Å²) >= 11 is 0. The first-order chi connectivity index (χ1) is 11.5. The van der Waals surface area contributed by atoms with E-state index in [4.69, 9.17) is 0 Å². The van der Waals surface area contributed by atoms with E-state index in [1.807, 2.05) is 6.08 Å². The number of carboxylic acid groups (broad SMARTS) is 1. The minimum absolute atomic E-state index is 0.0407. The third-order valence-electron chi connectivity index (χ3n) is 5.11. The smallest absolute Gasteiger partial charge is 0.307 e. The van der Waals surface area contributed by atoms with Gasteiger partial charge in [-0.15, -0.1) is 0 Å². The van der Waals surface area contributed by atoms with Gasteiger partial charge >= 0.3 is 5.97 Å². The van der Waals surface area contributed by atoms with E-state index in [2.05, 4.69) is 13.8 Å². The molecule has 0 saturated heterocycles. The molecule has 1 fully saturated rings. The Morgan fingerprint density at radius 1 is 1.17 bits per heavy atom. The van der Waals surface area contributed by atoms with Gasteiger partial charge in [-0.25, -0.2) is 0 Å². The monoisotopic (exact) mass is 338 g/mol. The number of aliphatic hydroxyl groups is 1. The summed E-state index contributed by atoms with van der Waals surface area (Å²) in [5, 5.41) is 19.6. The van der Waals surface area contributed by atoms with Gasteiger partial charge in [-0.2, -0.15) is 0 Å². The van der Waals surface area contributed by atoms with Crippen molar-refractivity contribution in [3.8, 4) is 0 Å². The fraction of sp³-hybridized carbons (Fsp3) is 0.800. The second kappa shape index (κ2) is 11.4. The van der Waals surface area contributed by atoms with Crippen molar-refractivity contribution in [2.45, 2.75) is 84.2 Å². The van der Waals surface area contributed by atoms with Crippen molar-refractivity contribution >= 4 is 11.8 Å². The largest absolute Gasteiger partial charge is 0.481 e. The maximum atomic E-state index is 12.3. The molecule has 0 aromatic rings. The lowest BCUT2D eigenvalue weighted by Crippen LogP contribution is -2.30. The molecule has 1 unspecified atom stereocenters. The molecular weight excluding hydrogens is 304 g/mol. The molecule has 2 N–H and O–H groups in total. The normalized spacial score (nSPS) is 23.7. The Morgan fingerprint density at radius 2 is 1.79 bits per heavy atom. The van der Waals surface area contributed by atoms with Gasteiger partial charge in [0.1, 0.15) is 5.78 Å². The average Bonchev–Trinajstić information content (AvgIpc) is 2.90. The number of carbonyl (C=O) groups is 2. The van der Waals surface area contributed by atoms with Crippen LogP contribution in [0.5, 0.6) is 0 Å². The molecule has 4 nitrogen and oxygen atoms in total. The van der Waals surface area contributed by atoms with Crippen LogP contribution in [0.2, 0.25) is 0 Å². The van der Waals surface area contributed by atoms with Crippen molar-refractivity contribution in [2.24, 2.45) is 17.8 Å². The van der Waals surface area contributed by atoms with Crippen LogP contribution in [0.25, 0.3) is 0 Å². The Bertz CT molecular complexity index is 416. The predicted octanol–water partition coefficient (Wildman–Crippen LogP) is 4.36. The molecule has 0 aromatic carbocycles. The highest BCUT2D eigenvalue weighted by atomic mass is 16.4. The van der Waals surface area contributed by atoms with Crippen molar-refractivity contribution in [3.05, 3.63) is 12.2 Å². The summed E-state index contributed by atoms with van der Waals surface area (Å²) in [6.45, 7) is 4.21. The van der Waals surface area contributed by atoms with Crippen LogP contribution in [0.15, 0.2) is 12.2 Å². The Kier molecular flexibility index (Phi) is 9.92. The summed E-state index contributed by atoms with van der Waals surface area (Å²) in [6, 6.07) is 0. The highest BCUT2D eigenvalue weighted by molar-refractivity contribution is 5.88. The van der Waals surface area contributed by atoms with Crippen molar-refractivity contribution in [2.75, 3.05) is 0 Å². The molecular formula is C20H34O4. The molecule has 1 aliphatic rings. The van der Waals surface area contributed by atoms with Gasteiger partial charge in [0.2, 0.25) is 0 Å². The Hall–Kier alpha value is -1.16. The van der Waals surface area contributed by atoms with Gasteiger partial charge in [0.25, 0.3) is 0 Å². The third kappa shape index (κ3) is 6.76. The Morgan fingerprint density at radius 3 is 2.38 bits per heavy atom. The maximum Gasteiger partial charge on any atom is 0.307 e. The molecule has 1 rings (SSSR count). The van der Waals surface area contributed by atoms with Crippen molar-refractivity contribution < 1.29 is 19.8 Å². The summed E-state index contributed by atoms with van der Waals surface area (Å²) in [6.07, 6.45) is 11.8. The lowest BCUT2D eigenvalue weighted by Gasteiger charge is -2.23. The van der Waals surface area contributed by atoms with E-state index in [1.165, 1.54) is 0 Å². The van der Waals surface area contributed by atoms with Gasteiger partial charge in [0, 0.05) is 12.3 Å². The van der Waals surface area contributed by atoms with Crippen LogP contribution in [0.1, 0.15) is 78.1 Å². The summed E-state index contributed by atoms with van der Waals surface area (Å²) in [7, 11) is 0. The number of rotatable bonds is 12. The van der Waals surface area contributed by atoms with E-state index in [9.17, 15) is 19.8 Å². The summed E-state index contributed by atoms with van der Waals surface area (Å²) in [4.78, 5) is 23.9. The molecule has 4 heteroatoms. The summed E-state index contributed by atoms with van der Waals surface area (Å²) < 4.78 is 0. The number of Topliss-reactive ketones (excluding diaryl/α,β-unsaturated/α-hetero) is 1. The number of ketones is 1. The standard InChI is InChI=1S/C20H34O4/c1-3-5-7-9-16(21)13-11-15-12-14-18(22)19(15)17(20(23)24)10-8-6-4-2/h11,13,15-17,19,21H,3-10,12,14H2,1-2H3,(H,23,24)/t15-,16+,17?,19+/m0/s1. The SMILES string of the molecule is CCCCCC(C(=O)O)[C@@H]1C(=O)CC[C@@H]1C=C[C@H](O)CCCCC. The van der Waals surface area contributed by atoms with E-state index < -0.39 is 23.9 Å². The van der Waals surface area contributed by atoms with Gasteiger partial charge < -0.3 is 10.2 Å². The first-order valence-electron chi connectivity index (χ1n) is 9.63. The number of allylic oxidation sites excluding steroid dienone is 1. The van der Waals surface area contributed by atoms with Gasteiger partial charge in [0.15, 0.2) is 0 Å². The first kappa shape index (κ1) is 20.9. The maximum absolute atomic E-state index is 12.3. The zero-order valence-corrected chi connectivity index (χ0v) is 15.2. The number of unbranched alkanes of at least 4 members (excludes halogenated alkanes) is 4. The number of hydrogen-bond donors (Lipinski definition) is 2. The van der Waals surface area contributed by atoms with Crippen LogP contribution >= 0.6 is 0 Å². The summed E-state index contributed by atoms with van der Waals surface area (Å²) in [5.74, 6) is -1.82. The van der Waals surface area contributed by atoms with Crippen LogP contribution in [-0.4, -0.2) is 28.1 Å².